The predicted octanol–water partition coefficient (Wildman–Crippen LogP) is 0.522. The van der Waals surface area contributed by atoms with Crippen LogP contribution < -0.4 is 5.73 Å². The Balaban J connectivity index is 2.39. The number of rotatable bonds is 7. The SMILES string of the molecule is NCC(OCCOS(=O)(=O)O)c1ccccc1. The topological polar surface area (TPSA) is 98.9 Å². The minimum Gasteiger partial charge on any atom is -0.370 e. The normalized spacial score (nSPS) is 13.5. The maximum atomic E-state index is 10.3. The summed E-state index contributed by atoms with van der Waals surface area (Å²) in [6, 6.07) is 9.31. The van der Waals surface area contributed by atoms with Crippen molar-refractivity contribution in [3.05, 3.63) is 35.9 Å². The van der Waals surface area contributed by atoms with Crippen molar-refractivity contribution in [1.82, 2.24) is 0 Å². The molecule has 0 radical (unpaired) electrons. The summed E-state index contributed by atoms with van der Waals surface area (Å²) in [5.74, 6) is 0. The van der Waals surface area contributed by atoms with Crippen LogP contribution in [0.1, 0.15) is 11.7 Å². The van der Waals surface area contributed by atoms with Gasteiger partial charge >= 0.3 is 10.4 Å². The number of benzene rings is 1. The molecular formula is C10H15NO5S. The largest absolute Gasteiger partial charge is 0.397 e. The number of nitrogens with two attached hydrogens (primary N) is 1. The van der Waals surface area contributed by atoms with Crippen molar-refractivity contribution in [2.45, 2.75) is 6.10 Å². The summed E-state index contributed by atoms with van der Waals surface area (Å²) >= 11 is 0. The van der Waals surface area contributed by atoms with Crippen LogP contribution in [0.25, 0.3) is 0 Å². The molecule has 0 bridgehead atoms. The van der Waals surface area contributed by atoms with Gasteiger partial charge in [0, 0.05) is 6.54 Å². The molecule has 0 spiro atoms. The Bertz CT molecular complexity index is 420. The molecule has 0 heterocycles. The van der Waals surface area contributed by atoms with E-state index in [1.807, 2.05) is 30.3 Å². The molecule has 1 unspecified atom stereocenters. The van der Waals surface area contributed by atoms with Crippen LogP contribution in [-0.2, 0) is 19.3 Å². The van der Waals surface area contributed by atoms with E-state index in [9.17, 15) is 8.42 Å². The molecule has 0 aromatic heterocycles. The van der Waals surface area contributed by atoms with E-state index in [0.29, 0.717) is 0 Å². The van der Waals surface area contributed by atoms with Gasteiger partial charge in [0.1, 0.15) is 0 Å². The molecule has 1 aromatic rings. The summed E-state index contributed by atoms with van der Waals surface area (Å²) in [6.45, 7) is 0.0502. The Morgan fingerprint density at radius 1 is 1.24 bits per heavy atom. The maximum absolute atomic E-state index is 10.3. The number of ether oxygens (including phenoxy) is 1. The van der Waals surface area contributed by atoms with Gasteiger partial charge in [0.2, 0.25) is 0 Å². The number of hydrogen-bond donors (Lipinski definition) is 2. The zero-order chi connectivity index (χ0) is 12.7. The van der Waals surface area contributed by atoms with E-state index in [4.69, 9.17) is 15.0 Å². The first kappa shape index (κ1) is 14.1. The lowest BCUT2D eigenvalue weighted by Crippen LogP contribution is -2.19. The monoisotopic (exact) mass is 261 g/mol. The van der Waals surface area contributed by atoms with E-state index in [2.05, 4.69) is 4.18 Å². The molecule has 0 aliphatic rings. The van der Waals surface area contributed by atoms with Crippen LogP contribution in [0, 0.1) is 0 Å². The molecule has 0 aliphatic carbocycles. The van der Waals surface area contributed by atoms with Crippen LogP contribution >= 0.6 is 0 Å². The van der Waals surface area contributed by atoms with E-state index < -0.39 is 10.4 Å². The second-order valence-electron chi connectivity index (χ2n) is 3.26. The standard InChI is InChI=1S/C10H15NO5S/c11-8-10(9-4-2-1-3-5-9)15-6-7-16-17(12,13)14/h1-5,10H,6-8,11H2,(H,12,13,14). The summed E-state index contributed by atoms with van der Waals surface area (Å²) < 4.78 is 38.3. The first-order valence-corrected chi connectivity index (χ1v) is 6.38. The highest BCUT2D eigenvalue weighted by molar-refractivity contribution is 7.80. The van der Waals surface area contributed by atoms with Gasteiger partial charge in [-0.3, -0.25) is 4.55 Å². The molecular weight excluding hydrogens is 246 g/mol. The van der Waals surface area contributed by atoms with Crippen molar-refractivity contribution in [3.63, 3.8) is 0 Å². The Morgan fingerprint density at radius 2 is 1.88 bits per heavy atom. The van der Waals surface area contributed by atoms with E-state index in [1.54, 1.807) is 0 Å². The molecule has 0 saturated carbocycles. The van der Waals surface area contributed by atoms with Crippen molar-refractivity contribution in [2.75, 3.05) is 19.8 Å². The van der Waals surface area contributed by atoms with Crippen molar-refractivity contribution >= 4 is 10.4 Å². The zero-order valence-electron chi connectivity index (χ0n) is 9.15. The molecule has 0 aliphatic heterocycles. The molecule has 0 amide bonds. The summed E-state index contributed by atoms with van der Waals surface area (Å²) in [6.07, 6.45) is -0.318. The molecule has 1 atom stereocenters. The van der Waals surface area contributed by atoms with Crippen LogP contribution in [0.3, 0.4) is 0 Å². The van der Waals surface area contributed by atoms with Gasteiger partial charge in [-0.05, 0) is 5.56 Å². The molecule has 1 rings (SSSR count). The van der Waals surface area contributed by atoms with Crippen LogP contribution in [0.4, 0.5) is 0 Å². The first-order chi connectivity index (χ1) is 8.03. The highest BCUT2D eigenvalue weighted by atomic mass is 32.3. The van der Waals surface area contributed by atoms with Crippen molar-refractivity contribution in [1.29, 1.82) is 0 Å². The molecule has 0 fully saturated rings. The second kappa shape index (κ2) is 6.67. The lowest BCUT2D eigenvalue weighted by Gasteiger charge is -2.15. The fourth-order valence-corrected chi connectivity index (χ4v) is 1.58. The maximum Gasteiger partial charge on any atom is 0.397 e. The predicted molar refractivity (Wildman–Crippen MR) is 61.7 cm³/mol. The van der Waals surface area contributed by atoms with Gasteiger partial charge in [-0.25, -0.2) is 4.18 Å². The van der Waals surface area contributed by atoms with Gasteiger partial charge in [-0.2, -0.15) is 8.42 Å². The fourth-order valence-electron chi connectivity index (χ4n) is 1.30. The highest BCUT2D eigenvalue weighted by Crippen LogP contribution is 2.15. The Labute approximate surface area is 100 Å². The smallest absolute Gasteiger partial charge is 0.370 e. The van der Waals surface area contributed by atoms with E-state index >= 15 is 0 Å². The highest BCUT2D eigenvalue weighted by Gasteiger charge is 2.10. The zero-order valence-corrected chi connectivity index (χ0v) is 9.97. The third kappa shape index (κ3) is 5.76. The fraction of sp³-hybridized carbons (Fsp3) is 0.400. The van der Waals surface area contributed by atoms with E-state index in [0.717, 1.165) is 5.56 Å². The van der Waals surface area contributed by atoms with Crippen LogP contribution in [0.15, 0.2) is 30.3 Å². The van der Waals surface area contributed by atoms with Gasteiger partial charge < -0.3 is 10.5 Å². The average molecular weight is 261 g/mol. The lowest BCUT2D eigenvalue weighted by molar-refractivity contribution is 0.0370. The van der Waals surface area contributed by atoms with Crippen molar-refractivity contribution in [3.8, 4) is 0 Å². The molecule has 1 aromatic carbocycles. The second-order valence-corrected chi connectivity index (χ2v) is 4.35. The molecule has 3 N–H and O–H groups in total. The van der Waals surface area contributed by atoms with Crippen LogP contribution in [0.2, 0.25) is 0 Å². The third-order valence-electron chi connectivity index (χ3n) is 2.02. The molecule has 96 valence electrons. The molecule has 0 saturated heterocycles. The Morgan fingerprint density at radius 3 is 2.41 bits per heavy atom. The van der Waals surface area contributed by atoms with Crippen LogP contribution in [0.5, 0.6) is 0 Å². The van der Waals surface area contributed by atoms with Crippen LogP contribution in [-0.4, -0.2) is 32.7 Å². The molecule has 17 heavy (non-hydrogen) atoms. The molecule has 6 nitrogen and oxygen atoms in total. The Kier molecular flexibility index (Phi) is 5.52. The quantitative estimate of drug-likeness (QED) is 0.548. The van der Waals surface area contributed by atoms with Gasteiger partial charge in [0.25, 0.3) is 0 Å². The minimum absolute atomic E-state index is 0.0244. The summed E-state index contributed by atoms with van der Waals surface area (Å²) in [5.41, 5.74) is 6.44. The van der Waals surface area contributed by atoms with Crippen molar-refractivity contribution in [2.24, 2.45) is 5.73 Å². The first-order valence-electron chi connectivity index (χ1n) is 5.01. The van der Waals surface area contributed by atoms with Gasteiger partial charge in [-0.15, -0.1) is 0 Å². The van der Waals surface area contributed by atoms with Crippen molar-refractivity contribution < 1.29 is 21.9 Å². The van der Waals surface area contributed by atoms with Gasteiger partial charge in [0.15, 0.2) is 0 Å². The van der Waals surface area contributed by atoms with Gasteiger partial charge in [-0.1, -0.05) is 30.3 Å². The van der Waals surface area contributed by atoms with E-state index in [-0.39, 0.29) is 25.9 Å². The average Bonchev–Trinajstić information content (AvgIpc) is 2.29. The minimum atomic E-state index is -4.40. The number of hydrogen-bond acceptors (Lipinski definition) is 5. The summed E-state index contributed by atoms with van der Waals surface area (Å²) in [7, 11) is -4.40. The summed E-state index contributed by atoms with van der Waals surface area (Å²) in [4.78, 5) is 0. The van der Waals surface area contributed by atoms with Gasteiger partial charge in [0.05, 0.1) is 19.3 Å². The molecule has 7 heteroatoms. The lowest BCUT2D eigenvalue weighted by atomic mass is 10.1. The summed E-state index contributed by atoms with van der Waals surface area (Å²) in [5, 5.41) is 0. The third-order valence-corrected chi connectivity index (χ3v) is 2.48. The Hall–Kier alpha value is -0.990. The van der Waals surface area contributed by atoms with E-state index in [1.165, 1.54) is 0 Å².